The van der Waals surface area contributed by atoms with E-state index in [2.05, 4.69) is 17.7 Å². The number of nitrogen functional groups attached to an aromatic ring is 1. The molecule has 0 atom stereocenters. The number of aryl methyl sites for hydroxylation is 1. The molecule has 1 aromatic carbocycles. The maximum atomic E-state index is 10.3. The van der Waals surface area contributed by atoms with Gasteiger partial charge in [0.25, 0.3) is 0 Å². The Kier molecular flexibility index (Phi) is 3.30. The van der Waals surface area contributed by atoms with Gasteiger partial charge in [-0.05, 0) is 0 Å². The van der Waals surface area contributed by atoms with Gasteiger partial charge in [0.15, 0.2) is 0 Å². The van der Waals surface area contributed by atoms with Crippen LogP contribution >= 0.6 is 19.3 Å². The van der Waals surface area contributed by atoms with Crippen LogP contribution in [0, 0.1) is 5.81 Å². The Hall–Kier alpha value is -1.28. The molecule has 0 radical (unpaired) electrons. The third-order valence-electron chi connectivity index (χ3n) is 2.14. The first-order valence-corrected chi connectivity index (χ1v) is 6.30. The average molecular weight is 252 g/mol. The van der Waals surface area contributed by atoms with Crippen LogP contribution in [0.5, 0.6) is 5.75 Å². The van der Waals surface area contributed by atoms with Crippen LogP contribution in [0.2, 0.25) is 0 Å². The second kappa shape index (κ2) is 4.71. The zero-order valence-electron chi connectivity index (χ0n) is 8.56. The zero-order chi connectivity index (χ0) is 11.5. The number of hydrogen-bond acceptors (Lipinski definition) is 5. The molecule has 0 saturated heterocycles. The summed E-state index contributed by atoms with van der Waals surface area (Å²) >= 11 is 1.41. The van der Waals surface area contributed by atoms with Crippen molar-refractivity contribution in [1.29, 1.82) is 0 Å². The van der Waals surface area contributed by atoms with Crippen LogP contribution in [0.4, 0.5) is 5.13 Å². The van der Waals surface area contributed by atoms with Gasteiger partial charge >= 0.3 is 97.2 Å². The predicted molar refractivity (Wildman–Crippen MR) is 65.5 cm³/mol. The van der Waals surface area contributed by atoms with E-state index in [0.717, 1.165) is 16.7 Å². The average Bonchev–Trinajstić information content (AvgIpc) is 2.65. The van der Waals surface area contributed by atoms with Gasteiger partial charge < -0.3 is 0 Å². The van der Waals surface area contributed by atoms with Gasteiger partial charge in [0.1, 0.15) is 0 Å². The van der Waals surface area contributed by atoms with Crippen molar-refractivity contribution in [3.63, 3.8) is 0 Å². The number of ether oxygens (including phenoxy) is 1. The van der Waals surface area contributed by atoms with Crippen LogP contribution < -0.4 is 10.5 Å². The van der Waals surface area contributed by atoms with Gasteiger partial charge in [0.2, 0.25) is 0 Å². The van der Waals surface area contributed by atoms with Crippen LogP contribution in [0.1, 0.15) is 12.5 Å². The molecule has 2 rings (SSSR count). The first-order valence-electron chi connectivity index (χ1n) is 4.67. The molecule has 2 N–H and O–H groups in total. The van der Waals surface area contributed by atoms with E-state index in [1.54, 1.807) is 0 Å². The quantitative estimate of drug-likeness (QED) is 0.834. The third-order valence-corrected chi connectivity index (χ3v) is 3.13. The first-order chi connectivity index (χ1) is 7.74. The summed E-state index contributed by atoms with van der Waals surface area (Å²) in [6.07, 6.45) is 0.888. The van der Waals surface area contributed by atoms with Gasteiger partial charge in [0, 0.05) is 0 Å². The normalized spacial score (nSPS) is 10.1. The zero-order valence-corrected chi connectivity index (χ0v) is 10.3. The minimum atomic E-state index is -0.286. The summed E-state index contributed by atoms with van der Waals surface area (Å²) in [4.78, 5) is 4.17. The number of rotatable bonds is 2. The summed E-state index contributed by atoms with van der Waals surface area (Å²) in [5, 5.41) is 0.493. The number of benzene rings is 1. The molecule has 1 aromatic heterocycles. The van der Waals surface area contributed by atoms with Crippen molar-refractivity contribution in [3.05, 3.63) is 17.7 Å². The Labute approximate surface area is 97.6 Å². The van der Waals surface area contributed by atoms with Crippen LogP contribution in [-0.2, 0) is 11.0 Å². The van der Waals surface area contributed by atoms with E-state index in [9.17, 15) is 4.57 Å². The van der Waals surface area contributed by atoms with Gasteiger partial charge in [-0.1, -0.05) is 0 Å². The van der Waals surface area contributed by atoms with E-state index in [1.165, 1.54) is 11.3 Å². The maximum absolute atomic E-state index is 10.3. The monoisotopic (exact) mass is 252 g/mol. The van der Waals surface area contributed by atoms with E-state index >= 15 is 0 Å². The van der Waals surface area contributed by atoms with E-state index < -0.39 is 0 Å². The molecular formula is C10H9N2O2PS. The van der Waals surface area contributed by atoms with Gasteiger partial charge in [-0.15, -0.1) is 0 Å². The molecule has 2 aromatic rings. The number of anilines is 1. The van der Waals surface area contributed by atoms with Crippen LogP contribution in [0.3, 0.4) is 0 Å². The topological polar surface area (TPSA) is 65.2 Å². The Morgan fingerprint density at radius 1 is 1.62 bits per heavy atom. The first kappa shape index (κ1) is 11.2. The molecule has 4 nitrogen and oxygen atoms in total. The molecule has 0 saturated carbocycles. The van der Waals surface area contributed by atoms with E-state index in [-0.39, 0.29) is 7.92 Å². The van der Waals surface area contributed by atoms with Crippen molar-refractivity contribution < 1.29 is 9.30 Å². The molecule has 0 aliphatic heterocycles. The molecule has 0 aliphatic rings. The Morgan fingerprint density at radius 3 is 3.12 bits per heavy atom. The summed E-state index contributed by atoms with van der Waals surface area (Å²) in [6, 6.07) is 3.89. The number of thiazole rings is 1. The fourth-order valence-electron chi connectivity index (χ4n) is 1.42. The molecule has 0 bridgehead atoms. The van der Waals surface area contributed by atoms with Crippen LogP contribution in [-0.4, -0.2) is 4.98 Å². The molecule has 6 heteroatoms. The number of fused-ring (bicyclic) bond motifs is 1. The van der Waals surface area contributed by atoms with Crippen molar-refractivity contribution in [2.75, 3.05) is 5.73 Å². The Morgan fingerprint density at radius 2 is 2.44 bits per heavy atom. The van der Waals surface area contributed by atoms with Crippen LogP contribution in [0.15, 0.2) is 12.1 Å². The number of aromatic nitrogens is 1. The number of hydrogen-bond donors (Lipinski definition) is 1. The summed E-state index contributed by atoms with van der Waals surface area (Å²) in [5.41, 5.74) is 7.46. The molecule has 0 spiro atoms. The summed E-state index contributed by atoms with van der Waals surface area (Å²) in [7, 11) is -0.286. The second-order valence-electron chi connectivity index (χ2n) is 3.13. The van der Waals surface area contributed by atoms with Gasteiger partial charge in [-0.3, -0.25) is 0 Å². The van der Waals surface area contributed by atoms with E-state index in [0.29, 0.717) is 16.4 Å². The van der Waals surface area contributed by atoms with Crippen molar-refractivity contribution in [2.45, 2.75) is 13.3 Å². The molecule has 82 valence electrons. The summed E-state index contributed by atoms with van der Waals surface area (Å²) < 4.78 is 16.4. The van der Waals surface area contributed by atoms with Crippen molar-refractivity contribution in [2.24, 2.45) is 0 Å². The summed E-state index contributed by atoms with van der Waals surface area (Å²) in [5.74, 6) is 2.80. The van der Waals surface area contributed by atoms with Crippen molar-refractivity contribution in [1.82, 2.24) is 4.98 Å². The molecular weight excluding hydrogens is 243 g/mol. The fourth-order valence-corrected chi connectivity index (χ4v) is 2.37. The number of nitrogens with two attached hydrogens (primary N) is 1. The second-order valence-corrected chi connectivity index (χ2v) is 4.56. The fraction of sp³-hybridized carbons (Fsp3) is 0.200. The van der Waals surface area contributed by atoms with Gasteiger partial charge in [-0.25, -0.2) is 0 Å². The standard InChI is InChI=1S/C10H9N2O2PS/c1-2-6-3-7(14-5-15-13)9-8(4-6)16-10(11)12-9/h3-4H,2H2,1H3,(H2,11,12). The molecule has 0 aliphatic carbocycles. The van der Waals surface area contributed by atoms with Crippen molar-refractivity contribution in [3.8, 4) is 11.6 Å². The predicted octanol–water partition coefficient (Wildman–Crippen LogP) is 3.03. The Bertz CT molecular complexity index is 633. The number of nitrogens with zero attached hydrogens (tertiary/aromatic N) is 1. The van der Waals surface area contributed by atoms with E-state index in [4.69, 9.17) is 10.5 Å². The molecule has 0 fully saturated rings. The Balaban J connectivity index is 2.65. The van der Waals surface area contributed by atoms with Crippen molar-refractivity contribution >= 4 is 34.6 Å². The third kappa shape index (κ3) is 2.12. The minimum absolute atomic E-state index is 0.286. The van der Waals surface area contributed by atoms with E-state index in [1.807, 2.05) is 12.1 Å². The summed E-state index contributed by atoms with van der Waals surface area (Å²) in [6.45, 7) is 2.05. The molecule has 16 heavy (non-hydrogen) atoms. The molecule has 0 unspecified atom stereocenters. The SMILES string of the molecule is CCc1cc(OC#P=O)c2nc(N)sc2c1. The van der Waals surface area contributed by atoms with Crippen LogP contribution in [0.25, 0.3) is 10.2 Å². The molecule has 1 heterocycles. The van der Waals surface area contributed by atoms with Gasteiger partial charge in [-0.2, -0.15) is 0 Å². The molecule has 0 amide bonds. The van der Waals surface area contributed by atoms with Gasteiger partial charge in [0.05, 0.1) is 0 Å².